The molecule has 0 spiro atoms. The van der Waals surface area contributed by atoms with E-state index >= 15 is 0 Å². The summed E-state index contributed by atoms with van der Waals surface area (Å²) in [6.07, 6.45) is 5.84. The summed E-state index contributed by atoms with van der Waals surface area (Å²) in [7, 11) is -4.31. The Kier molecular flexibility index (Phi) is 8.97. The van der Waals surface area contributed by atoms with E-state index in [4.69, 9.17) is 4.74 Å². The van der Waals surface area contributed by atoms with E-state index in [1.807, 2.05) is 12.2 Å². The smallest absolute Gasteiger partial charge is 0.410 e. The third-order valence-corrected chi connectivity index (χ3v) is 10.7. The molecule has 2 aromatic rings. The number of nitrogens with one attached hydrogen (secondary N) is 3. The van der Waals surface area contributed by atoms with Crippen LogP contribution in [0.3, 0.4) is 0 Å². The van der Waals surface area contributed by atoms with Gasteiger partial charge in [0.25, 0.3) is 15.9 Å². The summed E-state index contributed by atoms with van der Waals surface area (Å²) >= 11 is 0. The number of likely N-dealkylation sites (tertiary alicyclic amines) is 1. The number of carbonyl (C=O) groups excluding carboxylic acids is 4. The van der Waals surface area contributed by atoms with E-state index in [2.05, 4.69) is 15.4 Å². The Labute approximate surface area is 272 Å². The van der Waals surface area contributed by atoms with Crippen LogP contribution in [0.5, 0.6) is 0 Å². The molecule has 3 aliphatic heterocycles. The van der Waals surface area contributed by atoms with Gasteiger partial charge in [-0.05, 0) is 49.4 Å². The van der Waals surface area contributed by atoms with Gasteiger partial charge in [0.2, 0.25) is 11.8 Å². The number of allylic oxidation sites excluding steroid dienone is 1. The van der Waals surface area contributed by atoms with Crippen LogP contribution in [-0.4, -0.2) is 72.8 Å². The van der Waals surface area contributed by atoms with Crippen molar-refractivity contribution in [3.8, 4) is 0 Å². The predicted molar refractivity (Wildman–Crippen MR) is 169 cm³/mol. The first-order valence-electron chi connectivity index (χ1n) is 15.9. The molecule has 1 saturated heterocycles. The van der Waals surface area contributed by atoms with Gasteiger partial charge < -0.3 is 20.3 Å². The highest BCUT2D eigenvalue weighted by molar-refractivity contribution is 7.90. The van der Waals surface area contributed by atoms with Gasteiger partial charge in [-0.2, -0.15) is 0 Å². The fraction of sp³-hybridized carbons (Fsp3) is 0.455. The number of benzene rings is 2. The Morgan fingerprint density at radius 3 is 2.66 bits per heavy atom. The minimum Gasteiger partial charge on any atom is -0.444 e. The summed E-state index contributed by atoms with van der Waals surface area (Å²) in [6.45, 7) is 2.04. The number of carbonyl (C=O) groups is 4. The van der Waals surface area contributed by atoms with Crippen molar-refractivity contribution in [2.75, 3.05) is 18.4 Å². The molecule has 12 nitrogen and oxygen atoms in total. The van der Waals surface area contributed by atoms with E-state index in [0.29, 0.717) is 23.4 Å². The first-order valence-corrected chi connectivity index (χ1v) is 17.3. The van der Waals surface area contributed by atoms with Crippen LogP contribution in [0.25, 0.3) is 0 Å². The van der Waals surface area contributed by atoms with Crippen molar-refractivity contribution >= 4 is 39.5 Å². The lowest BCUT2D eigenvalue weighted by atomic mass is 10.1. The van der Waals surface area contributed by atoms with Crippen molar-refractivity contribution < 1.29 is 36.7 Å². The lowest BCUT2D eigenvalue weighted by Crippen LogP contribution is -2.56. The Morgan fingerprint density at radius 2 is 1.87 bits per heavy atom. The van der Waals surface area contributed by atoms with Crippen LogP contribution in [0, 0.1) is 11.7 Å². The molecule has 3 heterocycles. The zero-order valence-corrected chi connectivity index (χ0v) is 26.9. The van der Waals surface area contributed by atoms with E-state index in [1.165, 1.54) is 28.9 Å². The maximum atomic E-state index is 14.2. The van der Waals surface area contributed by atoms with Gasteiger partial charge in [-0.25, -0.2) is 22.3 Å². The molecule has 0 radical (unpaired) electrons. The lowest BCUT2D eigenvalue weighted by molar-refractivity contribution is -0.138. The van der Waals surface area contributed by atoms with Crippen molar-refractivity contribution in [2.24, 2.45) is 5.92 Å². The van der Waals surface area contributed by atoms with Crippen LogP contribution in [0.1, 0.15) is 56.6 Å². The standard InChI is InChI=1S/C33H38FN5O7S/c1-21(40)39-19-24(46-32(43)38-18-22-10-9-12-26(34)25(22)20-38)16-28(39)30(41)36-33-17-23(33)11-5-3-2-4-8-15-35-27-13-6-7-14-29(27)47(44,45)37-31(33)42/h5-7,9-14,23-24,28,35H,2-4,8,15-20H2,1H3,(H,36,41)(H,37,42)/b11-5-/t23-,24+,28-,33+/m0/s1. The van der Waals surface area contributed by atoms with Crippen LogP contribution >= 0.6 is 0 Å². The molecule has 0 aromatic heterocycles. The summed E-state index contributed by atoms with van der Waals surface area (Å²) < 4.78 is 49.0. The number of halogens is 1. The number of hydrogen-bond donors (Lipinski definition) is 3. The van der Waals surface area contributed by atoms with Gasteiger partial charge in [-0.3, -0.25) is 19.3 Å². The number of para-hydroxylation sites is 1. The largest absolute Gasteiger partial charge is 0.444 e. The van der Waals surface area contributed by atoms with E-state index < -0.39 is 63.3 Å². The third kappa shape index (κ3) is 6.69. The third-order valence-electron chi connectivity index (χ3n) is 9.32. The van der Waals surface area contributed by atoms with E-state index in [0.717, 1.165) is 25.7 Å². The average Bonchev–Trinajstić information content (AvgIpc) is 3.34. The minimum absolute atomic E-state index is 0.0259. The van der Waals surface area contributed by atoms with E-state index in [1.54, 1.807) is 30.3 Å². The normalized spacial score (nSPS) is 27.4. The molecule has 4 aliphatic rings. The van der Waals surface area contributed by atoms with Crippen LogP contribution in [0.4, 0.5) is 14.9 Å². The second-order valence-electron chi connectivity index (χ2n) is 12.6. The van der Waals surface area contributed by atoms with Crippen molar-refractivity contribution in [1.82, 2.24) is 19.8 Å². The van der Waals surface area contributed by atoms with Crippen LogP contribution in [0.2, 0.25) is 0 Å². The molecule has 0 unspecified atom stereocenters. The summed E-state index contributed by atoms with van der Waals surface area (Å²) in [4.78, 5) is 55.7. The second-order valence-corrected chi connectivity index (χ2v) is 14.2. The summed E-state index contributed by atoms with van der Waals surface area (Å²) in [5.74, 6) is -2.82. The van der Waals surface area contributed by atoms with Crippen LogP contribution in [-0.2, 0) is 42.2 Å². The SMILES string of the molecule is CC(=O)N1C[C@H](OC(=O)N2Cc3cccc(F)c3C2)C[C@H]1C(=O)N[C@]12C[C@@H]1/C=C\CCCCCNc1ccccc1S(=O)(=O)NC2=O. The Bertz CT molecular complexity index is 1730. The Balaban J connectivity index is 1.18. The van der Waals surface area contributed by atoms with E-state index in [9.17, 15) is 32.0 Å². The maximum Gasteiger partial charge on any atom is 0.410 e. The summed E-state index contributed by atoms with van der Waals surface area (Å²) in [6, 6.07) is 9.90. The number of hydrogen-bond acceptors (Lipinski definition) is 8. The fourth-order valence-electron chi connectivity index (χ4n) is 6.65. The molecule has 250 valence electrons. The summed E-state index contributed by atoms with van der Waals surface area (Å²) in [5, 5.41) is 5.93. The van der Waals surface area contributed by atoms with E-state index in [-0.39, 0.29) is 37.4 Å². The minimum atomic E-state index is -4.31. The zero-order valence-electron chi connectivity index (χ0n) is 26.0. The molecule has 2 aromatic carbocycles. The van der Waals surface area contributed by atoms with Gasteiger partial charge in [0.15, 0.2) is 0 Å². The molecular formula is C33H38FN5O7S. The van der Waals surface area contributed by atoms with Crippen molar-refractivity contribution in [1.29, 1.82) is 0 Å². The van der Waals surface area contributed by atoms with Crippen molar-refractivity contribution in [3.05, 3.63) is 71.6 Å². The number of rotatable bonds is 3. The highest BCUT2D eigenvalue weighted by Gasteiger charge is 2.61. The molecule has 0 bridgehead atoms. The highest BCUT2D eigenvalue weighted by atomic mass is 32.2. The van der Waals surface area contributed by atoms with Crippen LogP contribution in [0.15, 0.2) is 59.5 Å². The van der Waals surface area contributed by atoms with Crippen molar-refractivity contribution in [3.63, 3.8) is 0 Å². The number of fused-ring (bicyclic) bond motifs is 3. The molecule has 4 atom stereocenters. The van der Waals surface area contributed by atoms with Gasteiger partial charge in [0.05, 0.1) is 18.8 Å². The fourth-order valence-corrected chi connectivity index (χ4v) is 7.88. The molecule has 1 aliphatic carbocycles. The number of sulfonamides is 1. The first kappa shape index (κ1) is 32.5. The quantitative estimate of drug-likeness (QED) is 0.422. The van der Waals surface area contributed by atoms with Gasteiger partial charge in [0.1, 0.15) is 28.4 Å². The maximum absolute atomic E-state index is 14.2. The van der Waals surface area contributed by atoms with Gasteiger partial charge in [-0.1, -0.05) is 42.8 Å². The number of ether oxygens (including phenoxy) is 1. The second kappa shape index (κ2) is 13.0. The molecule has 6 rings (SSSR count). The Hall–Kier alpha value is -4.46. The molecule has 2 fully saturated rings. The number of nitrogens with zero attached hydrogens (tertiary/aromatic N) is 2. The van der Waals surface area contributed by atoms with Gasteiger partial charge >= 0.3 is 6.09 Å². The number of anilines is 1. The molecule has 4 amide bonds. The average molecular weight is 668 g/mol. The van der Waals surface area contributed by atoms with Gasteiger partial charge in [0, 0.05) is 37.9 Å². The van der Waals surface area contributed by atoms with Crippen LogP contribution < -0.4 is 15.4 Å². The molecule has 47 heavy (non-hydrogen) atoms. The van der Waals surface area contributed by atoms with Gasteiger partial charge in [-0.15, -0.1) is 0 Å². The zero-order chi connectivity index (χ0) is 33.3. The number of amides is 4. The lowest BCUT2D eigenvalue weighted by Gasteiger charge is -2.25. The summed E-state index contributed by atoms with van der Waals surface area (Å²) in [5.41, 5.74) is -0.0734. The first-order chi connectivity index (χ1) is 22.5. The predicted octanol–water partition coefficient (Wildman–Crippen LogP) is 3.19. The molecule has 14 heteroatoms. The Morgan fingerprint density at radius 1 is 1.06 bits per heavy atom. The topological polar surface area (TPSA) is 154 Å². The molecule has 3 N–H and O–H groups in total. The van der Waals surface area contributed by atoms with Crippen molar-refractivity contribution in [2.45, 2.75) is 81.1 Å². The highest BCUT2D eigenvalue weighted by Crippen LogP contribution is 2.46. The monoisotopic (exact) mass is 667 g/mol. The molecule has 1 saturated carbocycles. The molecular weight excluding hydrogens is 629 g/mol.